The molecule has 7 heteroatoms. The van der Waals surface area contributed by atoms with E-state index >= 15 is 0 Å². The summed E-state index contributed by atoms with van der Waals surface area (Å²) in [6.07, 6.45) is 0.281. The maximum atomic E-state index is 14.0. The highest BCUT2D eigenvalue weighted by atomic mass is 19.1. The Balaban J connectivity index is 0.000000745. The number of hydrogen-bond donors (Lipinski definition) is 2. The Bertz CT molecular complexity index is 589. The number of rotatable bonds is 3. The molecule has 0 aliphatic carbocycles. The molecule has 6 nitrogen and oxygen atoms in total. The second kappa shape index (κ2) is 7.65. The molecular weight excluding hydrogens is 291 g/mol. The number of ether oxygens (including phenoxy) is 1. The van der Waals surface area contributed by atoms with E-state index < -0.39 is 5.54 Å². The summed E-state index contributed by atoms with van der Waals surface area (Å²) in [6, 6.07) is 4.64. The SMILES string of the molecule is CC(=O)Cc1ccc(F)c([C@]2(C)COCC(N)=N2)c1.O=CO. The average Bonchev–Trinajstić information content (AvgIpc) is 2.41. The highest BCUT2D eigenvalue weighted by Crippen LogP contribution is 2.31. The normalized spacial score (nSPS) is 20.4. The average molecular weight is 310 g/mol. The van der Waals surface area contributed by atoms with Crippen LogP contribution >= 0.6 is 0 Å². The van der Waals surface area contributed by atoms with Gasteiger partial charge >= 0.3 is 0 Å². The highest BCUT2D eigenvalue weighted by Gasteiger charge is 2.32. The van der Waals surface area contributed by atoms with Crippen LogP contribution in [0.5, 0.6) is 0 Å². The molecule has 1 heterocycles. The van der Waals surface area contributed by atoms with E-state index in [0.717, 1.165) is 5.56 Å². The number of carbonyl (C=O) groups is 2. The first-order valence-electron chi connectivity index (χ1n) is 6.60. The van der Waals surface area contributed by atoms with Crippen LogP contribution in [-0.2, 0) is 26.3 Å². The predicted octanol–water partition coefficient (Wildman–Crippen LogP) is 1.26. The van der Waals surface area contributed by atoms with Crippen molar-refractivity contribution in [3.8, 4) is 0 Å². The molecule has 0 saturated carbocycles. The molecule has 0 bridgehead atoms. The fourth-order valence-corrected chi connectivity index (χ4v) is 2.26. The quantitative estimate of drug-likeness (QED) is 0.818. The van der Waals surface area contributed by atoms with Crippen molar-refractivity contribution in [2.75, 3.05) is 13.2 Å². The van der Waals surface area contributed by atoms with Gasteiger partial charge in [0, 0.05) is 12.0 Å². The lowest BCUT2D eigenvalue weighted by atomic mass is 9.90. The van der Waals surface area contributed by atoms with Crippen molar-refractivity contribution in [1.82, 2.24) is 0 Å². The van der Waals surface area contributed by atoms with Crippen molar-refractivity contribution in [1.29, 1.82) is 0 Å². The van der Waals surface area contributed by atoms with Crippen molar-refractivity contribution in [3.05, 3.63) is 35.1 Å². The Labute approximate surface area is 127 Å². The van der Waals surface area contributed by atoms with Gasteiger partial charge in [0.15, 0.2) is 0 Å². The first kappa shape index (κ1) is 17.8. The summed E-state index contributed by atoms with van der Waals surface area (Å²) < 4.78 is 19.4. The van der Waals surface area contributed by atoms with Gasteiger partial charge in [-0.25, -0.2) is 4.39 Å². The highest BCUT2D eigenvalue weighted by molar-refractivity contribution is 5.82. The molecule has 1 aromatic rings. The molecule has 0 saturated heterocycles. The molecule has 22 heavy (non-hydrogen) atoms. The minimum atomic E-state index is -0.834. The zero-order valence-corrected chi connectivity index (χ0v) is 12.5. The fraction of sp³-hybridized carbons (Fsp3) is 0.400. The lowest BCUT2D eigenvalue weighted by Crippen LogP contribution is -2.38. The Morgan fingerprint density at radius 3 is 2.77 bits per heavy atom. The minimum Gasteiger partial charge on any atom is -0.483 e. The van der Waals surface area contributed by atoms with Gasteiger partial charge in [0.05, 0.1) is 6.61 Å². The van der Waals surface area contributed by atoms with Gasteiger partial charge in [0.25, 0.3) is 6.47 Å². The number of aliphatic imine (C=N–C) groups is 1. The monoisotopic (exact) mass is 310 g/mol. The van der Waals surface area contributed by atoms with Crippen LogP contribution in [0.25, 0.3) is 0 Å². The number of nitrogens with two attached hydrogens (primary N) is 1. The maximum Gasteiger partial charge on any atom is 0.290 e. The molecule has 0 amide bonds. The second-order valence-electron chi connectivity index (χ2n) is 5.17. The molecule has 0 radical (unpaired) electrons. The van der Waals surface area contributed by atoms with E-state index in [0.29, 0.717) is 11.4 Å². The Hall–Kier alpha value is -2.28. The topological polar surface area (TPSA) is 102 Å². The number of carbonyl (C=O) groups excluding carboxylic acids is 1. The summed E-state index contributed by atoms with van der Waals surface area (Å²) in [5.74, 6) is 0.0209. The third-order valence-corrected chi connectivity index (χ3v) is 3.09. The lowest BCUT2D eigenvalue weighted by Gasteiger charge is -2.30. The van der Waals surface area contributed by atoms with E-state index in [4.69, 9.17) is 20.4 Å². The van der Waals surface area contributed by atoms with Crippen molar-refractivity contribution in [3.63, 3.8) is 0 Å². The van der Waals surface area contributed by atoms with E-state index in [1.165, 1.54) is 13.0 Å². The molecule has 1 aliphatic rings. The molecule has 0 fully saturated rings. The molecule has 0 aromatic heterocycles. The predicted molar refractivity (Wildman–Crippen MR) is 79.3 cm³/mol. The molecule has 3 N–H and O–H groups in total. The van der Waals surface area contributed by atoms with Crippen molar-refractivity contribution in [2.45, 2.75) is 25.8 Å². The van der Waals surface area contributed by atoms with Crippen LogP contribution < -0.4 is 5.73 Å². The molecule has 120 valence electrons. The van der Waals surface area contributed by atoms with Crippen LogP contribution in [0, 0.1) is 5.82 Å². The van der Waals surface area contributed by atoms with Gasteiger partial charge in [0.1, 0.15) is 29.6 Å². The van der Waals surface area contributed by atoms with Crippen molar-refractivity contribution < 1.29 is 23.8 Å². The van der Waals surface area contributed by atoms with Crippen LogP contribution in [0.3, 0.4) is 0 Å². The van der Waals surface area contributed by atoms with Crippen molar-refractivity contribution in [2.24, 2.45) is 10.7 Å². The Morgan fingerprint density at radius 1 is 1.59 bits per heavy atom. The first-order valence-corrected chi connectivity index (χ1v) is 6.60. The van der Waals surface area contributed by atoms with Gasteiger partial charge < -0.3 is 15.6 Å². The van der Waals surface area contributed by atoms with Gasteiger partial charge in [-0.05, 0) is 31.5 Å². The van der Waals surface area contributed by atoms with E-state index in [-0.39, 0.29) is 37.7 Å². The van der Waals surface area contributed by atoms with Gasteiger partial charge in [-0.15, -0.1) is 0 Å². The Morgan fingerprint density at radius 2 is 2.23 bits per heavy atom. The maximum absolute atomic E-state index is 14.0. The van der Waals surface area contributed by atoms with Gasteiger partial charge in [-0.2, -0.15) is 0 Å². The largest absolute Gasteiger partial charge is 0.483 e. The third kappa shape index (κ3) is 4.63. The molecule has 1 aliphatic heterocycles. The van der Waals surface area contributed by atoms with Crippen LogP contribution in [0.15, 0.2) is 23.2 Å². The summed E-state index contributed by atoms with van der Waals surface area (Å²) in [6.45, 7) is 3.57. The van der Waals surface area contributed by atoms with E-state index in [1.54, 1.807) is 19.1 Å². The number of hydrogen-bond acceptors (Lipinski definition) is 5. The number of halogens is 1. The minimum absolute atomic E-state index is 0.0330. The zero-order chi connectivity index (χ0) is 16.8. The van der Waals surface area contributed by atoms with Gasteiger partial charge in [0.2, 0.25) is 0 Å². The van der Waals surface area contributed by atoms with Crippen LogP contribution in [0.2, 0.25) is 0 Å². The van der Waals surface area contributed by atoms with E-state index in [2.05, 4.69) is 4.99 Å². The molecule has 0 unspecified atom stereocenters. The molecule has 2 rings (SSSR count). The van der Waals surface area contributed by atoms with Crippen molar-refractivity contribution >= 4 is 18.1 Å². The van der Waals surface area contributed by atoms with Gasteiger partial charge in [-0.3, -0.25) is 14.6 Å². The molecule has 1 atom stereocenters. The first-order chi connectivity index (χ1) is 10.3. The number of nitrogens with zero attached hydrogens (tertiary/aromatic N) is 1. The number of benzene rings is 1. The molecule has 1 aromatic carbocycles. The van der Waals surface area contributed by atoms with Gasteiger partial charge in [-0.1, -0.05) is 6.07 Å². The molecule has 0 spiro atoms. The lowest BCUT2D eigenvalue weighted by molar-refractivity contribution is -0.123. The number of amidine groups is 1. The summed E-state index contributed by atoms with van der Waals surface area (Å²) >= 11 is 0. The standard InChI is InChI=1S/C14H17FN2O2.CH2O2/c1-9(18)5-10-3-4-12(15)11(6-10)14(2)8-19-7-13(16)17-14;2-1-3/h3-4,6H,5,7-8H2,1-2H3,(H2,16,17);1H,(H,2,3)/t14-;/m0./s1. The summed E-state index contributed by atoms with van der Waals surface area (Å²) in [5.41, 5.74) is 6.01. The number of ketones is 1. The number of carboxylic acid groups (broad SMARTS) is 1. The summed E-state index contributed by atoms with van der Waals surface area (Å²) in [7, 11) is 0. The van der Waals surface area contributed by atoms with E-state index in [9.17, 15) is 9.18 Å². The van der Waals surface area contributed by atoms with E-state index in [1.807, 2.05) is 0 Å². The zero-order valence-electron chi connectivity index (χ0n) is 12.5. The third-order valence-electron chi connectivity index (χ3n) is 3.09. The van der Waals surface area contributed by atoms with Crippen LogP contribution in [0.1, 0.15) is 25.0 Å². The fourth-order valence-electron chi connectivity index (χ4n) is 2.26. The van der Waals surface area contributed by atoms with Crippen LogP contribution in [-0.4, -0.2) is 36.4 Å². The molecular formula is C15H19FN2O4. The second-order valence-corrected chi connectivity index (χ2v) is 5.17. The number of Topliss-reactive ketones (excluding diaryl/α,β-unsaturated/α-hetero) is 1. The van der Waals surface area contributed by atoms with Crippen LogP contribution in [0.4, 0.5) is 4.39 Å². The Kier molecular flexibility index (Phi) is 6.18. The summed E-state index contributed by atoms with van der Waals surface area (Å²) in [4.78, 5) is 23.8. The summed E-state index contributed by atoms with van der Waals surface area (Å²) in [5, 5.41) is 6.89. The smallest absolute Gasteiger partial charge is 0.290 e.